The highest BCUT2D eigenvalue weighted by molar-refractivity contribution is 5.51. The van der Waals surface area contributed by atoms with Crippen LogP contribution in [-0.4, -0.2) is 7.11 Å². The molecule has 0 aromatic heterocycles. The van der Waals surface area contributed by atoms with E-state index in [2.05, 4.69) is 23.5 Å². The molecule has 1 aliphatic carbocycles. The first kappa shape index (κ1) is 13.5. The number of nitrogens with one attached hydrogen (secondary N) is 1. The Morgan fingerprint density at radius 3 is 2.71 bits per heavy atom. The van der Waals surface area contributed by atoms with Gasteiger partial charge in [-0.05, 0) is 54.7 Å². The Bertz CT molecular complexity index is 671. The highest BCUT2D eigenvalue weighted by Crippen LogP contribution is 2.43. The summed E-state index contributed by atoms with van der Waals surface area (Å²) < 4.78 is 5.32. The van der Waals surface area contributed by atoms with E-state index in [9.17, 15) is 0 Å². The smallest absolute Gasteiger partial charge is 0.119 e. The molecule has 1 atom stereocenters. The van der Waals surface area contributed by atoms with Crippen LogP contribution in [0.1, 0.15) is 30.0 Å². The minimum absolute atomic E-state index is 0.272. The van der Waals surface area contributed by atoms with Crippen LogP contribution in [0, 0.1) is 17.2 Å². The SMILES string of the molecule is COc1cccc(C(Nc2cccc(C#N)c2)C2CC2)c1. The van der Waals surface area contributed by atoms with E-state index >= 15 is 0 Å². The summed E-state index contributed by atoms with van der Waals surface area (Å²) in [6, 6.07) is 18.3. The number of hydrogen-bond acceptors (Lipinski definition) is 3. The number of benzene rings is 2. The molecule has 1 unspecified atom stereocenters. The van der Waals surface area contributed by atoms with Crippen molar-refractivity contribution in [1.82, 2.24) is 0 Å². The van der Waals surface area contributed by atoms with E-state index in [1.807, 2.05) is 36.4 Å². The van der Waals surface area contributed by atoms with Gasteiger partial charge in [0, 0.05) is 5.69 Å². The van der Waals surface area contributed by atoms with E-state index < -0.39 is 0 Å². The van der Waals surface area contributed by atoms with Crippen molar-refractivity contribution in [2.24, 2.45) is 5.92 Å². The van der Waals surface area contributed by atoms with E-state index in [4.69, 9.17) is 10.00 Å². The van der Waals surface area contributed by atoms with Gasteiger partial charge in [0.25, 0.3) is 0 Å². The Morgan fingerprint density at radius 1 is 1.19 bits per heavy atom. The van der Waals surface area contributed by atoms with Gasteiger partial charge in [-0.2, -0.15) is 5.26 Å². The third-order valence-electron chi connectivity index (χ3n) is 3.86. The summed E-state index contributed by atoms with van der Waals surface area (Å²) in [4.78, 5) is 0. The second kappa shape index (κ2) is 5.88. The minimum atomic E-state index is 0.272. The normalized spacial score (nSPS) is 15.0. The molecule has 2 aromatic rings. The number of methoxy groups -OCH3 is 1. The number of ether oxygens (including phenoxy) is 1. The van der Waals surface area contributed by atoms with Crippen molar-refractivity contribution >= 4 is 5.69 Å². The van der Waals surface area contributed by atoms with Crippen LogP contribution < -0.4 is 10.1 Å². The van der Waals surface area contributed by atoms with Gasteiger partial charge in [-0.25, -0.2) is 0 Å². The van der Waals surface area contributed by atoms with Gasteiger partial charge in [-0.3, -0.25) is 0 Å². The van der Waals surface area contributed by atoms with E-state index in [0.717, 1.165) is 11.4 Å². The minimum Gasteiger partial charge on any atom is -0.497 e. The summed E-state index contributed by atoms with van der Waals surface area (Å²) in [6.45, 7) is 0. The van der Waals surface area contributed by atoms with E-state index in [1.165, 1.54) is 18.4 Å². The van der Waals surface area contributed by atoms with Crippen molar-refractivity contribution in [3.8, 4) is 11.8 Å². The van der Waals surface area contributed by atoms with E-state index in [0.29, 0.717) is 11.5 Å². The number of hydrogen-bond donors (Lipinski definition) is 1. The molecule has 0 spiro atoms. The molecule has 0 amide bonds. The van der Waals surface area contributed by atoms with Crippen molar-refractivity contribution in [2.75, 3.05) is 12.4 Å². The van der Waals surface area contributed by atoms with Crippen LogP contribution in [0.3, 0.4) is 0 Å². The second-order valence-electron chi connectivity index (χ2n) is 5.43. The van der Waals surface area contributed by atoms with Gasteiger partial charge in [0.15, 0.2) is 0 Å². The summed E-state index contributed by atoms with van der Waals surface area (Å²) in [7, 11) is 1.69. The monoisotopic (exact) mass is 278 g/mol. The third kappa shape index (κ3) is 3.17. The number of nitrogens with zero attached hydrogens (tertiary/aromatic N) is 1. The van der Waals surface area contributed by atoms with Crippen LogP contribution in [0.5, 0.6) is 5.75 Å². The van der Waals surface area contributed by atoms with E-state index in [1.54, 1.807) is 7.11 Å². The molecule has 3 nitrogen and oxygen atoms in total. The van der Waals surface area contributed by atoms with Crippen molar-refractivity contribution in [2.45, 2.75) is 18.9 Å². The van der Waals surface area contributed by atoms with Crippen molar-refractivity contribution < 1.29 is 4.74 Å². The molecule has 1 fully saturated rings. The standard InChI is InChI=1S/C18H18N2O/c1-21-17-7-3-5-15(11-17)18(14-8-9-14)20-16-6-2-4-13(10-16)12-19/h2-7,10-11,14,18,20H,8-9H2,1H3. The second-order valence-corrected chi connectivity index (χ2v) is 5.43. The first-order chi connectivity index (χ1) is 10.3. The molecular formula is C18H18N2O. The Hall–Kier alpha value is -2.47. The van der Waals surface area contributed by atoms with Gasteiger partial charge >= 0.3 is 0 Å². The Balaban J connectivity index is 1.86. The topological polar surface area (TPSA) is 45.0 Å². The van der Waals surface area contributed by atoms with Gasteiger partial charge in [0.2, 0.25) is 0 Å². The molecule has 0 saturated heterocycles. The lowest BCUT2D eigenvalue weighted by Gasteiger charge is -2.21. The van der Waals surface area contributed by atoms with Crippen LogP contribution in [-0.2, 0) is 0 Å². The van der Waals surface area contributed by atoms with Crippen LogP contribution in [0.15, 0.2) is 48.5 Å². The molecule has 21 heavy (non-hydrogen) atoms. The predicted molar refractivity (Wildman–Crippen MR) is 83.2 cm³/mol. The molecule has 0 bridgehead atoms. The molecule has 0 radical (unpaired) electrons. The van der Waals surface area contributed by atoms with Gasteiger partial charge in [0.05, 0.1) is 24.8 Å². The van der Waals surface area contributed by atoms with Crippen molar-refractivity contribution in [1.29, 1.82) is 5.26 Å². The Morgan fingerprint density at radius 2 is 2.00 bits per heavy atom. The average molecular weight is 278 g/mol. The Kier molecular flexibility index (Phi) is 3.79. The molecule has 106 valence electrons. The van der Waals surface area contributed by atoms with Crippen molar-refractivity contribution in [3.63, 3.8) is 0 Å². The molecule has 3 rings (SSSR count). The van der Waals surface area contributed by atoms with Gasteiger partial charge in [-0.15, -0.1) is 0 Å². The molecule has 0 aliphatic heterocycles. The number of rotatable bonds is 5. The maximum Gasteiger partial charge on any atom is 0.119 e. The fraction of sp³-hybridized carbons (Fsp3) is 0.278. The van der Waals surface area contributed by atoms with Crippen LogP contribution in [0.4, 0.5) is 5.69 Å². The molecule has 0 heterocycles. The highest BCUT2D eigenvalue weighted by atomic mass is 16.5. The summed E-state index contributed by atoms with van der Waals surface area (Å²) in [5.41, 5.74) is 2.91. The fourth-order valence-electron chi connectivity index (χ4n) is 2.60. The lowest BCUT2D eigenvalue weighted by molar-refractivity contribution is 0.413. The summed E-state index contributed by atoms with van der Waals surface area (Å²) in [5.74, 6) is 1.54. The Labute approximate surface area is 125 Å². The first-order valence-electron chi connectivity index (χ1n) is 7.21. The summed E-state index contributed by atoms with van der Waals surface area (Å²) >= 11 is 0. The zero-order valence-corrected chi connectivity index (χ0v) is 12.0. The third-order valence-corrected chi connectivity index (χ3v) is 3.86. The largest absolute Gasteiger partial charge is 0.497 e. The van der Waals surface area contributed by atoms with Crippen LogP contribution in [0.2, 0.25) is 0 Å². The van der Waals surface area contributed by atoms with Crippen molar-refractivity contribution in [3.05, 3.63) is 59.7 Å². The maximum absolute atomic E-state index is 9.01. The molecule has 1 N–H and O–H groups in total. The average Bonchev–Trinajstić information content (AvgIpc) is 3.37. The van der Waals surface area contributed by atoms with Crippen LogP contribution >= 0.6 is 0 Å². The molecule has 1 aliphatic rings. The molecular weight excluding hydrogens is 260 g/mol. The highest BCUT2D eigenvalue weighted by Gasteiger charge is 2.32. The van der Waals surface area contributed by atoms with Gasteiger partial charge < -0.3 is 10.1 Å². The van der Waals surface area contributed by atoms with E-state index in [-0.39, 0.29) is 6.04 Å². The number of nitriles is 1. The molecule has 1 saturated carbocycles. The summed E-state index contributed by atoms with van der Waals surface area (Å²) in [5, 5.41) is 12.6. The zero-order valence-electron chi connectivity index (χ0n) is 12.0. The molecule has 2 aromatic carbocycles. The number of anilines is 1. The first-order valence-corrected chi connectivity index (χ1v) is 7.21. The zero-order chi connectivity index (χ0) is 14.7. The summed E-state index contributed by atoms with van der Waals surface area (Å²) in [6.07, 6.45) is 2.49. The lowest BCUT2D eigenvalue weighted by atomic mass is 10.0. The van der Waals surface area contributed by atoms with Crippen LogP contribution in [0.25, 0.3) is 0 Å². The van der Waals surface area contributed by atoms with Gasteiger partial charge in [-0.1, -0.05) is 18.2 Å². The fourth-order valence-corrected chi connectivity index (χ4v) is 2.60. The van der Waals surface area contributed by atoms with Gasteiger partial charge in [0.1, 0.15) is 5.75 Å². The predicted octanol–water partition coefficient (Wildman–Crippen LogP) is 4.13. The lowest BCUT2D eigenvalue weighted by Crippen LogP contribution is -2.13. The quantitative estimate of drug-likeness (QED) is 0.894. The maximum atomic E-state index is 9.01. The molecule has 3 heteroatoms.